The third-order valence-corrected chi connectivity index (χ3v) is 5.01. The Bertz CT molecular complexity index is 887. The van der Waals surface area contributed by atoms with E-state index in [0.717, 1.165) is 28.9 Å². The average molecular weight is 367 g/mol. The van der Waals surface area contributed by atoms with E-state index in [4.69, 9.17) is 0 Å². The summed E-state index contributed by atoms with van der Waals surface area (Å²) in [5, 5.41) is 6.55. The molecule has 0 unspecified atom stereocenters. The minimum atomic E-state index is -0.238. The van der Waals surface area contributed by atoms with E-state index >= 15 is 0 Å². The maximum atomic E-state index is 12.0. The summed E-state index contributed by atoms with van der Waals surface area (Å²) >= 11 is 1.69. The van der Waals surface area contributed by atoms with Crippen LogP contribution in [0.15, 0.2) is 48.5 Å². The third kappa shape index (κ3) is 4.89. The molecule has 0 aliphatic carbocycles. The molecule has 0 bridgehead atoms. The molecule has 0 spiro atoms. The number of hydrogen-bond acceptors (Lipinski definition) is 4. The van der Waals surface area contributed by atoms with Crippen LogP contribution in [-0.4, -0.2) is 29.9 Å². The smallest absolute Gasteiger partial charge is 0.251 e. The van der Waals surface area contributed by atoms with Crippen LogP contribution in [0.25, 0.3) is 10.2 Å². The van der Waals surface area contributed by atoms with Crippen LogP contribution in [0.4, 0.5) is 0 Å². The van der Waals surface area contributed by atoms with Crippen LogP contribution in [0, 0.1) is 6.92 Å². The van der Waals surface area contributed by atoms with Crippen LogP contribution >= 0.6 is 11.3 Å². The highest BCUT2D eigenvalue weighted by atomic mass is 32.1. The number of carbonyl (C=O) groups is 2. The Morgan fingerprint density at radius 1 is 1.08 bits per heavy atom. The molecule has 0 aliphatic rings. The summed E-state index contributed by atoms with van der Waals surface area (Å²) in [5.74, 6) is -0.423. The lowest BCUT2D eigenvalue weighted by Crippen LogP contribution is -2.37. The highest BCUT2D eigenvalue weighted by Crippen LogP contribution is 2.22. The third-order valence-electron chi connectivity index (χ3n) is 3.92. The molecule has 0 fully saturated rings. The van der Waals surface area contributed by atoms with Crippen LogP contribution in [0.1, 0.15) is 27.3 Å². The van der Waals surface area contributed by atoms with Crippen molar-refractivity contribution in [3.63, 3.8) is 0 Å². The van der Waals surface area contributed by atoms with Gasteiger partial charge in [-0.2, -0.15) is 0 Å². The van der Waals surface area contributed by atoms with E-state index < -0.39 is 0 Å². The Morgan fingerprint density at radius 2 is 1.92 bits per heavy atom. The fraction of sp³-hybridized carbons (Fsp3) is 0.250. The van der Waals surface area contributed by atoms with E-state index in [1.165, 1.54) is 4.70 Å². The number of thiazole rings is 1. The zero-order chi connectivity index (χ0) is 18.4. The summed E-state index contributed by atoms with van der Waals surface area (Å²) in [4.78, 5) is 28.4. The Hall–Kier alpha value is -2.73. The van der Waals surface area contributed by atoms with Crippen LogP contribution in [0.5, 0.6) is 0 Å². The zero-order valence-corrected chi connectivity index (χ0v) is 15.4. The molecule has 6 heteroatoms. The van der Waals surface area contributed by atoms with Crippen LogP contribution in [0.2, 0.25) is 0 Å². The molecule has 5 nitrogen and oxygen atoms in total. The summed E-state index contributed by atoms with van der Waals surface area (Å²) in [6, 6.07) is 15.3. The summed E-state index contributed by atoms with van der Waals surface area (Å²) < 4.78 is 1.19. The monoisotopic (exact) mass is 367 g/mol. The van der Waals surface area contributed by atoms with Crippen molar-refractivity contribution in [1.29, 1.82) is 0 Å². The molecule has 1 aromatic heterocycles. The molecule has 2 aromatic carbocycles. The number of aromatic nitrogens is 1. The van der Waals surface area contributed by atoms with E-state index in [-0.39, 0.29) is 18.4 Å². The van der Waals surface area contributed by atoms with Gasteiger partial charge in [-0.3, -0.25) is 9.59 Å². The van der Waals surface area contributed by atoms with E-state index in [0.29, 0.717) is 12.1 Å². The van der Waals surface area contributed by atoms with Gasteiger partial charge < -0.3 is 10.6 Å². The van der Waals surface area contributed by atoms with E-state index in [2.05, 4.69) is 21.7 Å². The number of nitrogens with one attached hydrogen (secondary N) is 2. The van der Waals surface area contributed by atoms with Gasteiger partial charge >= 0.3 is 0 Å². The Labute approximate surface area is 156 Å². The highest BCUT2D eigenvalue weighted by molar-refractivity contribution is 7.18. The second-order valence-corrected chi connectivity index (χ2v) is 7.20. The largest absolute Gasteiger partial charge is 0.355 e. The fourth-order valence-corrected chi connectivity index (χ4v) is 3.61. The van der Waals surface area contributed by atoms with Crippen molar-refractivity contribution in [2.24, 2.45) is 0 Å². The van der Waals surface area contributed by atoms with E-state index in [9.17, 15) is 9.59 Å². The minimum Gasteiger partial charge on any atom is -0.355 e. The number of carbonyl (C=O) groups excluding carboxylic acids is 2. The minimum absolute atomic E-state index is 0.0199. The zero-order valence-electron chi connectivity index (χ0n) is 14.6. The van der Waals surface area contributed by atoms with Gasteiger partial charge in [0, 0.05) is 18.5 Å². The number of benzene rings is 2. The molecule has 3 rings (SSSR count). The van der Waals surface area contributed by atoms with Gasteiger partial charge in [-0.1, -0.05) is 29.8 Å². The quantitative estimate of drug-likeness (QED) is 0.631. The van der Waals surface area contributed by atoms with Gasteiger partial charge in [-0.05, 0) is 37.6 Å². The SMILES string of the molecule is Cc1cccc(C(=O)NCC(=O)NCCCc2nc3ccccc3s2)c1. The average Bonchev–Trinajstić information content (AvgIpc) is 3.06. The Morgan fingerprint density at radius 3 is 2.73 bits per heavy atom. The first-order valence-corrected chi connectivity index (χ1v) is 9.39. The maximum Gasteiger partial charge on any atom is 0.251 e. The van der Waals surface area contributed by atoms with Crippen molar-refractivity contribution in [1.82, 2.24) is 15.6 Å². The molecule has 0 saturated carbocycles. The lowest BCUT2D eigenvalue weighted by Gasteiger charge is -2.07. The maximum absolute atomic E-state index is 12.0. The highest BCUT2D eigenvalue weighted by Gasteiger charge is 2.08. The second-order valence-electron chi connectivity index (χ2n) is 6.08. The number of aryl methyl sites for hydroxylation is 2. The van der Waals surface area contributed by atoms with Crippen LogP contribution in [-0.2, 0) is 11.2 Å². The predicted molar refractivity (Wildman–Crippen MR) is 104 cm³/mol. The van der Waals surface area contributed by atoms with Gasteiger partial charge in [0.2, 0.25) is 5.91 Å². The Kier molecular flexibility index (Phi) is 5.96. The van der Waals surface area contributed by atoms with Crippen molar-refractivity contribution in [3.8, 4) is 0 Å². The fourth-order valence-electron chi connectivity index (χ4n) is 2.61. The van der Waals surface area contributed by atoms with Gasteiger partial charge in [0.1, 0.15) is 0 Å². The lowest BCUT2D eigenvalue weighted by molar-refractivity contribution is -0.120. The lowest BCUT2D eigenvalue weighted by atomic mass is 10.1. The molecular formula is C20H21N3O2S. The first-order chi connectivity index (χ1) is 12.6. The van der Waals surface area contributed by atoms with Crippen molar-refractivity contribution in [2.75, 3.05) is 13.1 Å². The number of fused-ring (bicyclic) bond motifs is 1. The number of hydrogen-bond donors (Lipinski definition) is 2. The van der Waals surface area contributed by atoms with Crippen molar-refractivity contribution in [2.45, 2.75) is 19.8 Å². The normalized spacial score (nSPS) is 10.7. The molecule has 0 atom stereocenters. The predicted octanol–water partition coefficient (Wildman–Crippen LogP) is 3.08. The number of nitrogens with zero attached hydrogens (tertiary/aromatic N) is 1. The molecule has 0 aliphatic heterocycles. The van der Waals surface area contributed by atoms with Crippen molar-refractivity contribution >= 4 is 33.4 Å². The molecule has 1 heterocycles. The molecule has 26 heavy (non-hydrogen) atoms. The molecule has 2 N–H and O–H groups in total. The summed E-state index contributed by atoms with van der Waals surface area (Å²) in [5.41, 5.74) is 2.60. The number of rotatable bonds is 7. The standard InChI is InChI=1S/C20H21N3O2S/c1-14-6-4-7-15(12-14)20(25)22-13-18(24)21-11-5-10-19-23-16-8-2-3-9-17(16)26-19/h2-4,6-9,12H,5,10-11,13H2,1H3,(H,21,24)(H,22,25). The van der Waals surface area contributed by atoms with Gasteiger partial charge in [-0.25, -0.2) is 4.98 Å². The molecule has 0 saturated heterocycles. The first-order valence-electron chi connectivity index (χ1n) is 8.58. The molecule has 2 amide bonds. The van der Waals surface area contributed by atoms with Gasteiger partial charge in [0.05, 0.1) is 21.8 Å². The molecular weight excluding hydrogens is 346 g/mol. The molecule has 0 radical (unpaired) electrons. The summed E-state index contributed by atoms with van der Waals surface area (Å²) in [6.07, 6.45) is 1.65. The number of amides is 2. The van der Waals surface area contributed by atoms with Gasteiger partial charge in [0.25, 0.3) is 5.91 Å². The summed E-state index contributed by atoms with van der Waals surface area (Å²) in [6.45, 7) is 2.47. The van der Waals surface area contributed by atoms with Crippen LogP contribution in [0.3, 0.4) is 0 Å². The Balaban J connectivity index is 1.37. The van der Waals surface area contributed by atoms with Crippen molar-refractivity contribution in [3.05, 3.63) is 64.7 Å². The van der Waals surface area contributed by atoms with Crippen molar-refractivity contribution < 1.29 is 9.59 Å². The topological polar surface area (TPSA) is 71.1 Å². The first kappa shape index (κ1) is 18.1. The second kappa shape index (κ2) is 8.58. The van der Waals surface area contributed by atoms with Gasteiger partial charge in [0.15, 0.2) is 0 Å². The molecule has 134 valence electrons. The number of para-hydroxylation sites is 1. The van der Waals surface area contributed by atoms with Gasteiger partial charge in [-0.15, -0.1) is 11.3 Å². The molecule has 3 aromatic rings. The summed E-state index contributed by atoms with van der Waals surface area (Å²) in [7, 11) is 0. The van der Waals surface area contributed by atoms with Crippen LogP contribution < -0.4 is 10.6 Å². The van der Waals surface area contributed by atoms with E-state index in [1.54, 1.807) is 23.5 Å². The van der Waals surface area contributed by atoms with E-state index in [1.807, 2.05) is 37.3 Å².